The normalized spacial score (nSPS) is 12.5. The van der Waals surface area contributed by atoms with Crippen LogP contribution in [0.5, 0.6) is 0 Å². The van der Waals surface area contributed by atoms with E-state index in [0.717, 1.165) is 11.3 Å². The topological polar surface area (TPSA) is 41.6 Å². The zero-order valence-electron chi connectivity index (χ0n) is 7.47. The minimum absolute atomic E-state index is 0.107. The van der Waals surface area contributed by atoms with E-state index in [1.165, 1.54) is 0 Å². The van der Waals surface area contributed by atoms with E-state index < -0.39 is 11.9 Å². The summed E-state index contributed by atoms with van der Waals surface area (Å²) in [5.74, 6) is 5.28. The Morgan fingerprint density at radius 1 is 1.54 bits per heavy atom. The van der Waals surface area contributed by atoms with Crippen LogP contribution in [-0.2, 0) is 0 Å². The molecule has 0 fully saturated rings. The maximum atomic E-state index is 11.8. The average molecular weight is 195 g/mol. The van der Waals surface area contributed by atoms with E-state index in [0.29, 0.717) is 0 Å². The van der Waals surface area contributed by atoms with Crippen LogP contribution in [0.15, 0.2) is 17.3 Å². The van der Waals surface area contributed by atoms with Gasteiger partial charge in [-0.1, -0.05) is 6.58 Å². The van der Waals surface area contributed by atoms with E-state index in [1.807, 2.05) is 0 Å². The van der Waals surface area contributed by atoms with Gasteiger partial charge in [-0.3, -0.25) is 5.01 Å². The minimum Gasteiger partial charge on any atom is -0.298 e. The lowest BCUT2D eigenvalue weighted by atomic mass is 10.4. The van der Waals surface area contributed by atoms with Crippen LogP contribution in [0.2, 0.25) is 0 Å². The molecule has 6 heteroatoms. The van der Waals surface area contributed by atoms with Crippen molar-refractivity contribution < 1.29 is 13.2 Å². The molecule has 0 bridgehead atoms. The second-order valence-electron chi connectivity index (χ2n) is 2.73. The number of allylic oxidation sites excluding steroid dienone is 1. The molecule has 0 unspecified atom stereocenters. The number of hydrazine groups is 1. The molecule has 0 aliphatic carbocycles. The number of hydrogen-bond donors (Lipinski definition) is 1. The van der Waals surface area contributed by atoms with Gasteiger partial charge < -0.3 is 0 Å². The standard InChI is InChI=1S/C7H12F3N3/c1-5(2)13(11)4-12-6(3)7(8,9)10/h4-5H,3,11H2,1-2H3/b12-4-. The molecule has 0 atom stereocenters. The van der Waals surface area contributed by atoms with Crippen molar-refractivity contribution in [3.8, 4) is 0 Å². The van der Waals surface area contributed by atoms with Crippen molar-refractivity contribution in [2.45, 2.75) is 26.1 Å². The monoisotopic (exact) mass is 195 g/mol. The first-order valence-corrected chi connectivity index (χ1v) is 3.58. The third kappa shape index (κ3) is 4.51. The van der Waals surface area contributed by atoms with Crippen molar-refractivity contribution >= 4 is 6.34 Å². The molecule has 0 amide bonds. The molecule has 0 radical (unpaired) electrons. The lowest BCUT2D eigenvalue weighted by molar-refractivity contribution is -0.0919. The molecule has 0 saturated carbocycles. The van der Waals surface area contributed by atoms with Crippen molar-refractivity contribution in [1.82, 2.24) is 5.01 Å². The number of hydrogen-bond acceptors (Lipinski definition) is 2. The zero-order valence-corrected chi connectivity index (χ0v) is 7.47. The Kier molecular flexibility index (Phi) is 3.93. The van der Waals surface area contributed by atoms with Gasteiger partial charge in [0.15, 0.2) is 0 Å². The van der Waals surface area contributed by atoms with Crippen molar-refractivity contribution in [2.75, 3.05) is 0 Å². The van der Waals surface area contributed by atoms with Crippen LogP contribution in [0.4, 0.5) is 13.2 Å². The number of rotatable bonds is 3. The highest BCUT2D eigenvalue weighted by Gasteiger charge is 2.31. The zero-order chi connectivity index (χ0) is 10.6. The second-order valence-corrected chi connectivity index (χ2v) is 2.73. The number of nitrogens with zero attached hydrogens (tertiary/aromatic N) is 2. The van der Waals surface area contributed by atoms with Crippen LogP contribution in [-0.4, -0.2) is 23.6 Å². The van der Waals surface area contributed by atoms with Gasteiger partial charge in [0, 0.05) is 6.04 Å². The number of alkyl halides is 3. The van der Waals surface area contributed by atoms with Crippen molar-refractivity contribution in [3.05, 3.63) is 12.3 Å². The lowest BCUT2D eigenvalue weighted by Gasteiger charge is -2.16. The quantitative estimate of drug-likeness (QED) is 0.322. The third-order valence-electron chi connectivity index (χ3n) is 1.27. The van der Waals surface area contributed by atoms with Gasteiger partial charge in [-0.15, -0.1) is 0 Å². The van der Waals surface area contributed by atoms with E-state index in [1.54, 1.807) is 13.8 Å². The van der Waals surface area contributed by atoms with E-state index in [2.05, 4.69) is 11.6 Å². The summed E-state index contributed by atoms with van der Waals surface area (Å²) in [6.07, 6.45) is -3.59. The molecule has 0 rings (SSSR count). The molecular weight excluding hydrogens is 183 g/mol. The van der Waals surface area contributed by atoms with E-state index in [9.17, 15) is 13.2 Å². The average Bonchev–Trinajstić information content (AvgIpc) is 1.97. The number of nitrogens with two attached hydrogens (primary N) is 1. The van der Waals surface area contributed by atoms with Gasteiger partial charge in [0.2, 0.25) is 0 Å². The van der Waals surface area contributed by atoms with E-state index in [-0.39, 0.29) is 6.04 Å². The van der Waals surface area contributed by atoms with E-state index in [4.69, 9.17) is 5.84 Å². The largest absolute Gasteiger partial charge is 0.432 e. The van der Waals surface area contributed by atoms with Crippen LogP contribution in [0.1, 0.15) is 13.8 Å². The van der Waals surface area contributed by atoms with Gasteiger partial charge in [0.25, 0.3) is 0 Å². The summed E-state index contributed by atoms with van der Waals surface area (Å²) in [5, 5.41) is 1.07. The van der Waals surface area contributed by atoms with Gasteiger partial charge in [-0.2, -0.15) is 13.2 Å². The molecule has 0 heterocycles. The van der Waals surface area contributed by atoms with Gasteiger partial charge in [-0.25, -0.2) is 10.8 Å². The maximum absolute atomic E-state index is 11.8. The Morgan fingerprint density at radius 2 is 2.00 bits per heavy atom. The second kappa shape index (κ2) is 4.27. The highest BCUT2D eigenvalue weighted by molar-refractivity contribution is 5.56. The Morgan fingerprint density at radius 3 is 2.31 bits per heavy atom. The van der Waals surface area contributed by atoms with Crippen LogP contribution in [0.25, 0.3) is 0 Å². The van der Waals surface area contributed by atoms with Crippen LogP contribution in [0.3, 0.4) is 0 Å². The summed E-state index contributed by atoms with van der Waals surface area (Å²) in [6.45, 7) is 6.20. The predicted octanol–water partition coefficient (Wildman–Crippen LogP) is 1.67. The number of aliphatic imine (C=N–C) groups is 1. The molecule has 2 N–H and O–H groups in total. The molecular formula is C7H12F3N3. The molecule has 0 aliphatic heterocycles. The smallest absolute Gasteiger partial charge is 0.298 e. The lowest BCUT2D eigenvalue weighted by Crippen LogP contribution is -2.36. The Bertz CT molecular complexity index is 208. The highest BCUT2D eigenvalue weighted by atomic mass is 19.4. The summed E-state index contributed by atoms with van der Waals surface area (Å²) in [6, 6.07) is -0.107. The van der Waals surface area contributed by atoms with E-state index >= 15 is 0 Å². The Balaban J connectivity index is 4.21. The van der Waals surface area contributed by atoms with Gasteiger partial charge in [0.05, 0.1) is 0 Å². The molecule has 76 valence electrons. The van der Waals surface area contributed by atoms with Gasteiger partial charge in [0.1, 0.15) is 12.0 Å². The molecule has 0 saturated heterocycles. The Hall–Kier alpha value is -1.04. The fraction of sp³-hybridized carbons (Fsp3) is 0.571. The van der Waals surface area contributed by atoms with Crippen molar-refractivity contribution in [1.29, 1.82) is 0 Å². The van der Waals surface area contributed by atoms with Gasteiger partial charge in [-0.05, 0) is 13.8 Å². The first kappa shape index (κ1) is 12.0. The SMILES string of the molecule is C=C(/N=C\N(N)C(C)C)C(F)(F)F. The molecule has 0 aromatic rings. The fourth-order valence-electron chi connectivity index (χ4n) is 0.343. The molecule has 0 aromatic carbocycles. The highest BCUT2D eigenvalue weighted by Crippen LogP contribution is 2.24. The molecule has 0 spiro atoms. The summed E-state index contributed by atoms with van der Waals surface area (Å²) in [5.41, 5.74) is -1.16. The molecule has 0 aromatic heterocycles. The minimum atomic E-state index is -4.49. The van der Waals surface area contributed by atoms with Crippen LogP contribution >= 0.6 is 0 Å². The Labute approximate surface area is 74.7 Å². The van der Waals surface area contributed by atoms with Crippen molar-refractivity contribution in [2.24, 2.45) is 10.8 Å². The molecule has 3 nitrogen and oxygen atoms in total. The summed E-state index contributed by atoms with van der Waals surface area (Å²) < 4.78 is 35.5. The predicted molar refractivity (Wildman–Crippen MR) is 44.8 cm³/mol. The van der Waals surface area contributed by atoms with Crippen LogP contribution in [0, 0.1) is 0 Å². The van der Waals surface area contributed by atoms with Crippen LogP contribution < -0.4 is 5.84 Å². The molecule has 0 aliphatic rings. The summed E-state index contributed by atoms with van der Waals surface area (Å²) >= 11 is 0. The van der Waals surface area contributed by atoms with Crippen molar-refractivity contribution in [3.63, 3.8) is 0 Å². The van der Waals surface area contributed by atoms with Gasteiger partial charge >= 0.3 is 6.18 Å². The third-order valence-corrected chi connectivity index (χ3v) is 1.27. The fourth-order valence-corrected chi connectivity index (χ4v) is 0.343. The summed E-state index contributed by atoms with van der Waals surface area (Å²) in [4.78, 5) is 3.07. The first-order valence-electron chi connectivity index (χ1n) is 3.58. The maximum Gasteiger partial charge on any atom is 0.432 e. The first-order chi connectivity index (χ1) is 5.75. The number of halogens is 3. The molecule has 13 heavy (non-hydrogen) atoms. The summed E-state index contributed by atoms with van der Waals surface area (Å²) in [7, 11) is 0.